The van der Waals surface area contributed by atoms with Crippen molar-refractivity contribution < 1.29 is 13.2 Å². The number of nitrogens with two attached hydrogens (primary N) is 1. The zero-order chi connectivity index (χ0) is 13.9. The van der Waals surface area contributed by atoms with Gasteiger partial charge < -0.3 is 5.32 Å². The van der Waals surface area contributed by atoms with Gasteiger partial charge in [-0.3, -0.25) is 4.79 Å². The van der Waals surface area contributed by atoms with E-state index in [1.807, 2.05) is 0 Å². The van der Waals surface area contributed by atoms with E-state index in [0.717, 1.165) is 12.8 Å². The van der Waals surface area contributed by atoms with E-state index < -0.39 is 10.0 Å². The van der Waals surface area contributed by atoms with Crippen molar-refractivity contribution in [2.45, 2.75) is 30.6 Å². The Labute approximate surface area is 113 Å². The van der Waals surface area contributed by atoms with Crippen molar-refractivity contribution in [2.75, 3.05) is 6.54 Å². The number of hydrogen-bond acceptors (Lipinski definition) is 3. The van der Waals surface area contributed by atoms with E-state index in [-0.39, 0.29) is 10.8 Å². The molecule has 0 unspecified atom stereocenters. The Morgan fingerprint density at radius 2 is 2.00 bits per heavy atom. The number of carbonyl (C=O) groups excluding carboxylic acids is 1. The predicted molar refractivity (Wildman–Crippen MR) is 72.1 cm³/mol. The molecule has 1 aromatic carbocycles. The van der Waals surface area contributed by atoms with Crippen LogP contribution in [0.1, 0.15) is 36.0 Å². The summed E-state index contributed by atoms with van der Waals surface area (Å²) in [6.07, 6.45) is 4.75. The van der Waals surface area contributed by atoms with Crippen LogP contribution in [-0.2, 0) is 10.0 Å². The van der Waals surface area contributed by atoms with Crippen molar-refractivity contribution in [2.24, 2.45) is 11.1 Å². The Morgan fingerprint density at radius 1 is 1.32 bits per heavy atom. The number of primary sulfonamides is 1. The predicted octanol–water partition coefficient (Wildman–Crippen LogP) is 1.25. The van der Waals surface area contributed by atoms with E-state index in [2.05, 4.69) is 5.32 Å². The summed E-state index contributed by atoms with van der Waals surface area (Å²) in [5.41, 5.74) is 0.324. The van der Waals surface area contributed by atoms with Gasteiger partial charge in [0.25, 0.3) is 5.91 Å². The lowest BCUT2D eigenvalue weighted by molar-refractivity contribution is 0.0947. The van der Waals surface area contributed by atoms with Crippen molar-refractivity contribution in [1.29, 1.82) is 0 Å². The lowest BCUT2D eigenvalue weighted by atomic mass is 10.1. The van der Waals surface area contributed by atoms with Gasteiger partial charge >= 0.3 is 0 Å². The van der Waals surface area contributed by atoms with Gasteiger partial charge in [-0.25, -0.2) is 13.6 Å². The molecule has 0 aliphatic heterocycles. The minimum atomic E-state index is -3.77. The Hall–Kier alpha value is -1.40. The van der Waals surface area contributed by atoms with Crippen molar-refractivity contribution in [1.82, 2.24) is 5.32 Å². The molecule has 0 radical (unpaired) electrons. The molecular weight excluding hydrogens is 264 g/mol. The van der Waals surface area contributed by atoms with Crippen LogP contribution in [0.4, 0.5) is 0 Å². The molecule has 2 rings (SSSR count). The fourth-order valence-electron chi connectivity index (χ4n) is 2.37. The van der Waals surface area contributed by atoms with E-state index in [9.17, 15) is 13.2 Å². The van der Waals surface area contributed by atoms with Gasteiger partial charge in [0.2, 0.25) is 10.0 Å². The Morgan fingerprint density at radius 3 is 2.63 bits per heavy atom. The van der Waals surface area contributed by atoms with E-state index in [0.29, 0.717) is 18.0 Å². The Kier molecular flexibility index (Phi) is 4.21. The largest absolute Gasteiger partial charge is 0.352 e. The van der Waals surface area contributed by atoms with Gasteiger partial charge in [-0.1, -0.05) is 18.9 Å². The highest BCUT2D eigenvalue weighted by Gasteiger charge is 2.17. The zero-order valence-electron chi connectivity index (χ0n) is 10.6. The van der Waals surface area contributed by atoms with Gasteiger partial charge in [0.1, 0.15) is 0 Å². The lowest BCUT2D eigenvalue weighted by Crippen LogP contribution is -2.28. The van der Waals surface area contributed by atoms with Gasteiger partial charge in [-0.15, -0.1) is 0 Å². The first kappa shape index (κ1) is 14.0. The number of amides is 1. The molecule has 1 aromatic rings. The van der Waals surface area contributed by atoms with Gasteiger partial charge in [-0.2, -0.15) is 0 Å². The van der Waals surface area contributed by atoms with Gasteiger partial charge in [0.15, 0.2) is 0 Å². The average molecular weight is 282 g/mol. The summed E-state index contributed by atoms with van der Waals surface area (Å²) in [4.78, 5) is 11.9. The summed E-state index contributed by atoms with van der Waals surface area (Å²) in [6.45, 7) is 0.651. The fraction of sp³-hybridized carbons (Fsp3) is 0.462. The summed E-state index contributed by atoms with van der Waals surface area (Å²) < 4.78 is 22.4. The Bertz CT molecular complexity index is 563. The molecule has 0 bridgehead atoms. The molecular formula is C13H18N2O3S. The second-order valence-electron chi connectivity index (χ2n) is 4.93. The van der Waals surface area contributed by atoms with Crippen molar-refractivity contribution in [3.8, 4) is 0 Å². The molecule has 0 saturated heterocycles. The van der Waals surface area contributed by atoms with Crippen LogP contribution < -0.4 is 10.5 Å². The summed E-state index contributed by atoms with van der Waals surface area (Å²) in [5.74, 6) is 0.294. The first-order valence-electron chi connectivity index (χ1n) is 6.38. The number of carbonyl (C=O) groups is 1. The third kappa shape index (κ3) is 3.78. The number of benzene rings is 1. The first-order chi connectivity index (χ1) is 8.97. The third-order valence-electron chi connectivity index (χ3n) is 3.45. The number of rotatable bonds is 4. The molecule has 6 heteroatoms. The van der Waals surface area contributed by atoms with Crippen LogP contribution in [0.3, 0.4) is 0 Å². The quantitative estimate of drug-likeness (QED) is 0.871. The molecule has 1 fully saturated rings. The molecule has 0 heterocycles. The smallest absolute Gasteiger partial charge is 0.251 e. The van der Waals surface area contributed by atoms with Crippen molar-refractivity contribution in [3.63, 3.8) is 0 Å². The van der Waals surface area contributed by atoms with Crippen LogP contribution in [0.5, 0.6) is 0 Å². The molecule has 1 amide bonds. The van der Waals surface area contributed by atoms with E-state index >= 15 is 0 Å². The van der Waals surface area contributed by atoms with Crippen LogP contribution >= 0.6 is 0 Å². The van der Waals surface area contributed by atoms with E-state index in [1.54, 1.807) is 6.07 Å². The molecule has 0 aromatic heterocycles. The average Bonchev–Trinajstić information content (AvgIpc) is 2.88. The van der Waals surface area contributed by atoms with Crippen LogP contribution in [0.25, 0.3) is 0 Å². The molecule has 0 spiro atoms. The zero-order valence-corrected chi connectivity index (χ0v) is 11.4. The van der Waals surface area contributed by atoms with Gasteiger partial charge in [-0.05, 0) is 37.0 Å². The molecule has 1 saturated carbocycles. The van der Waals surface area contributed by atoms with E-state index in [4.69, 9.17) is 5.14 Å². The minimum absolute atomic E-state index is 0.0407. The monoisotopic (exact) mass is 282 g/mol. The highest BCUT2D eigenvalue weighted by atomic mass is 32.2. The maximum absolute atomic E-state index is 11.9. The lowest BCUT2D eigenvalue weighted by Gasteiger charge is -2.10. The van der Waals surface area contributed by atoms with Crippen molar-refractivity contribution in [3.05, 3.63) is 29.8 Å². The molecule has 1 aliphatic carbocycles. The summed E-state index contributed by atoms with van der Waals surface area (Å²) in [5, 5.41) is 7.88. The normalized spacial score (nSPS) is 16.5. The summed E-state index contributed by atoms with van der Waals surface area (Å²) in [6, 6.07) is 5.78. The van der Waals surface area contributed by atoms with Crippen LogP contribution in [0.2, 0.25) is 0 Å². The van der Waals surface area contributed by atoms with Crippen LogP contribution in [0, 0.1) is 5.92 Å². The highest BCUT2D eigenvalue weighted by Crippen LogP contribution is 2.23. The molecule has 19 heavy (non-hydrogen) atoms. The standard InChI is InChI=1S/C13H18N2O3S/c14-19(17,18)12-7-3-6-11(8-12)13(16)15-9-10-4-1-2-5-10/h3,6-8,10H,1-2,4-5,9H2,(H,15,16)(H2,14,17,18). The minimum Gasteiger partial charge on any atom is -0.352 e. The van der Waals surface area contributed by atoms with Crippen LogP contribution in [0.15, 0.2) is 29.2 Å². The molecule has 104 valence electrons. The summed E-state index contributed by atoms with van der Waals surface area (Å²) >= 11 is 0. The van der Waals surface area contributed by atoms with Gasteiger partial charge in [0, 0.05) is 12.1 Å². The van der Waals surface area contributed by atoms with E-state index in [1.165, 1.54) is 31.0 Å². The second-order valence-corrected chi connectivity index (χ2v) is 6.49. The highest BCUT2D eigenvalue weighted by molar-refractivity contribution is 7.89. The molecule has 1 aliphatic rings. The molecule has 3 N–H and O–H groups in total. The maximum atomic E-state index is 11.9. The SMILES string of the molecule is NS(=O)(=O)c1cccc(C(=O)NCC2CCCC2)c1. The number of hydrogen-bond donors (Lipinski definition) is 2. The third-order valence-corrected chi connectivity index (χ3v) is 4.36. The molecule has 0 atom stereocenters. The molecule has 5 nitrogen and oxygen atoms in total. The first-order valence-corrected chi connectivity index (χ1v) is 7.92. The summed E-state index contributed by atoms with van der Waals surface area (Å²) in [7, 11) is -3.77. The fourth-order valence-corrected chi connectivity index (χ4v) is 2.93. The van der Waals surface area contributed by atoms with Crippen molar-refractivity contribution >= 4 is 15.9 Å². The van der Waals surface area contributed by atoms with Crippen LogP contribution in [-0.4, -0.2) is 20.9 Å². The number of nitrogens with one attached hydrogen (secondary N) is 1. The maximum Gasteiger partial charge on any atom is 0.251 e. The Balaban J connectivity index is 2.02. The van der Waals surface area contributed by atoms with Gasteiger partial charge in [0.05, 0.1) is 4.90 Å². The second kappa shape index (κ2) is 5.71. The number of sulfonamides is 1. The topological polar surface area (TPSA) is 89.3 Å².